The van der Waals surface area contributed by atoms with Crippen LogP contribution in [0.3, 0.4) is 0 Å². The molecule has 0 aliphatic carbocycles. The third-order valence-electron chi connectivity index (χ3n) is 2.15. The molecule has 0 saturated heterocycles. The molecule has 0 aliphatic rings. The summed E-state index contributed by atoms with van der Waals surface area (Å²) in [5.41, 5.74) is 7.20. The second-order valence-corrected chi connectivity index (χ2v) is 3.87. The van der Waals surface area contributed by atoms with Crippen LogP contribution < -0.4 is 5.73 Å². The fourth-order valence-electron chi connectivity index (χ4n) is 1.42. The minimum atomic E-state index is 0.211. The Morgan fingerprint density at radius 3 is 2.87 bits per heavy atom. The van der Waals surface area contributed by atoms with E-state index in [4.69, 9.17) is 14.9 Å². The summed E-state index contributed by atoms with van der Waals surface area (Å²) < 4.78 is 11.1. The fraction of sp³-hybridized carbons (Fsp3) is 0.333. The lowest BCUT2D eigenvalue weighted by molar-refractivity contribution is 0.0553. The highest BCUT2D eigenvalue weighted by Crippen LogP contribution is 2.22. The van der Waals surface area contributed by atoms with Gasteiger partial charge in [0.05, 0.1) is 6.10 Å². The minimum absolute atomic E-state index is 0.211. The normalized spacial score (nSPS) is 11.4. The van der Waals surface area contributed by atoms with Crippen molar-refractivity contribution < 1.29 is 9.15 Å². The molecule has 2 aromatic rings. The topological polar surface area (TPSA) is 48.4 Å². The molecule has 1 aromatic carbocycles. The Hall–Kier alpha value is -1.48. The molecule has 0 fully saturated rings. The van der Waals surface area contributed by atoms with Crippen LogP contribution in [-0.2, 0) is 11.3 Å². The van der Waals surface area contributed by atoms with Crippen molar-refractivity contribution in [1.29, 1.82) is 0 Å². The average Bonchev–Trinajstić information content (AvgIpc) is 2.56. The molecule has 0 spiro atoms. The highest BCUT2D eigenvalue weighted by atomic mass is 16.5. The van der Waals surface area contributed by atoms with Gasteiger partial charge >= 0.3 is 0 Å². The number of furan rings is 1. The van der Waals surface area contributed by atoms with Gasteiger partial charge in [0.25, 0.3) is 0 Å². The van der Waals surface area contributed by atoms with Crippen molar-refractivity contribution >= 4 is 16.7 Å². The van der Waals surface area contributed by atoms with Crippen molar-refractivity contribution in [2.45, 2.75) is 26.6 Å². The summed E-state index contributed by atoms with van der Waals surface area (Å²) in [6.07, 6.45) is 0.211. The lowest BCUT2D eigenvalue weighted by atomic mass is 10.2. The minimum Gasteiger partial charge on any atom is -0.459 e. The van der Waals surface area contributed by atoms with E-state index in [9.17, 15) is 0 Å². The van der Waals surface area contributed by atoms with Crippen LogP contribution >= 0.6 is 0 Å². The molecule has 80 valence electrons. The quantitative estimate of drug-likeness (QED) is 0.784. The van der Waals surface area contributed by atoms with Crippen molar-refractivity contribution in [3.8, 4) is 0 Å². The maximum atomic E-state index is 5.66. The van der Waals surface area contributed by atoms with Crippen LogP contribution in [0.5, 0.6) is 0 Å². The van der Waals surface area contributed by atoms with Crippen molar-refractivity contribution in [3.05, 3.63) is 30.0 Å². The third kappa shape index (κ3) is 2.30. The maximum absolute atomic E-state index is 5.66. The van der Waals surface area contributed by atoms with Gasteiger partial charge in [-0.25, -0.2) is 0 Å². The number of fused-ring (bicyclic) bond motifs is 1. The Balaban J connectivity index is 2.23. The van der Waals surface area contributed by atoms with E-state index in [2.05, 4.69) is 0 Å². The van der Waals surface area contributed by atoms with Crippen molar-refractivity contribution in [3.63, 3.8) is 0 Å². The molecule has 0 aliphatic heterocycles. The molecule has 0 radical (unpaired) electrons. The molecule has 3 heteroatoms. The Bertz CT molecular complexity index is 460. The van der Waals surface area contributed by atoms with E-state index < -0.39 is 0 Å². The number of ether oxygens (including phenoxy) is 1. The first kappa shape index (κ1) is 10.1. The van der Waals surface area contributed by atoms with Gasteiger partial charge < -0.3 is 14.9 Å². The number of rotatable bonds is 3. The van der Waals surface area contributed by atoms with Crippen LogP contribution in [-0.4, -0.2) is 6.10 Å². The van der Waals surface area contributed by atoms with Gasteiger partial charge in [0.1, 0.15) is 18.0 Å². The van der Waals surface area contributed by atoms with Gasteiger partial charge in [-0.3, -0.25) is 0 Å². The molecule has 2 N–H and O–H groups in total. The first-order valence-corrected chi connectivity index (χ1v) is 5.04. The van der Waals surface area contributed by atoms with Gasteiger partial charge in [0.15, 0.2) is 0 Å². The van der Waals surface area contributed by atoms with E-state index in [1.165, 1.54) is 0 Å². The average molecular weight is 205 g/mol. The van der Waals surface area contributed by atoms with E-state index >= 15 is 0 Å². The molecule has 15 heavy (non-hydrogen) atoms. The molecule has 0 atom stereocenters. The first-order valence-electron chi connectivity index (χ1n) is 5.04. The van der Waals surface area contributed by atoms with E-state index in [0.717, 1.165) is 16.7 Å². The molecule has 2 rings (SSSR count). The Morgan fingerprint density at radius 2 is 2.13 bits per heavy atom. The zero-order valence-electron chi connectivity index (χ0n) is 8.99. The zero-order chi connectivity index (χ0) is 10.8. The number of nitrogens with two attached hydrogens (primary N) is 1. The van der Waals surface area contributed by atoms with Gasteiger partial charge in [0.2, 0.25) is 0 Å². The van der Waals surface area contributed by atoms with Crippen LogP contribution in [0.25, 0.3) is 11.0 Å². The van der Waals surface area contributed by atoms with Crippen LogP contribution in [0.2, 0.25) is 0 Å². The number of benzene rings is 1. The predicted molar refractivity (Wildman–Crippen MR) is 60.6 cm³/mol. The van der Waals surface area contributed by atoms with E-state index in [1.807, 2.05) is 38.1 Å². The van der Waals surface area contributed by atoms with Crippen molar-refractivity contribution in [2.75, 3.05) is 5.73 Å². The van der Waals surface area contributed by atoms with Crippen LogP contribution in [0, 0.1) is 0 Å². The molecular weight excluding hydrogens is 190 g/mol. The molecule has 1 aromatic heterocycles. The Morgan fingerprint density at radius 1 is 1.33 bits per heavy atom. The number of anilines is 1. The molecule has 0 saturated carbocycles. The van der Waals surface area contributed by atoms with E-state index in [-0.39, 0.29) is 6.10 Å². The van der Waals surface area contributed by atoms with Crippen LogP contribution in [0.15, 0.2) is 28.7 Å². The maximum Gasteiger partial charge on any atom is 0.136 e. The van der Waals surface area contributed by atoms with Gasteiger partial charge in [-0.2, -0.15) is 0 Å². The summed E-state index contributed by atoms with van der Waals surface area (Å²) in [7, 11) is 0. The molecule has 0 unspecified atom stereocenters. The SMILES string of the molecule is CC(C)OCc1cc2ccc(N)cc2o1. The Labute approximate surface area is 88.8 Å². The van der Waals surface area contributed by atoms with Gasteiger partial charge in [0, 0.05) is 17.1 Å². The number of nitrogen functional groups attached to an aromatic ring is 1. The lowest BCUT2D eigenvalue weighted by Crippen LogP contribution is -2.01. The molecule has 1 heterocycles. The lowest BCUT2D eigenvalue weighted by Gasteiger charge is -2.03. The predicted octanol–water partition coefficient (Wildman–Crippen LogP) is 2.94. The second-order valence-electron chi connectivity index (χ2n) is 3.87. The zero-order valence-corrected chi connectivity index (χ0v) is 8.99. The number of hydrogen-bond acceptors (Lipinski definition) is 3. The van der Waals surface area contributed by atoms with Gasteiger partial charge in [-0.15, -0.1) is 0 Å². The summed E-state index contributed by atoms with van der Waals surface area (Å²) >= 11 is 0. The van der Waals surface area contributed by atoms with Gasteiger partial charge in [-0.1, -0.05) is 0 Å². The van der Waals surface area contributed by atoms with E-state index in [0.29, 0.717) is 12.3 Å². The first-order chi connectivity index (χ1) is 7.15. The molecule has 3 nitrogen and oxygen atoms in total. The van der Waals surface area contributed by atoms with Gasteiger partial charge in [-0.05, 0) is 32.0 Å². The highest BCUT2D eigenvalue weighted by molar-refractivity contribution is 5.81. The monoisotopic (exact) mass is 205 g/mol. The highest BCUT2D eigenvalue weighted by Gasteiger charge is 2.04. The fourth-order valence-corrected chi connectivity index (χ4v) is 1.42. The molecule has 0 amide bonds. The summed E-state index contributed by atoms with van der Waals surface area (Å²) in [6.45, 7) is 4.51. The second kappa shape index (κ2) is 3.95. The third-order valence-corrected chi connectivity index (χ3v) is 2.15. The largest absolute Gasteiger partial charge is 0.459 e. The summed E-state index contributed by atoms with van der Waals surface area (Å²) in [6, 6.07) is 7.63. The van der Waals surface area contributed by atoms with Crippen LogP contribution in [0.1, 0.15) is 19.6 Å². The Kier molecular flexibility index (Phi) is 2.64. The standard InChI is InChI=1S/C12H15NO2/c1-8(2)14-7-11-5-9-3-4-10(13)6-12(9)15-11/h3-6,8H,7,13H2,1-2H3. The summed E-state index contributed by atoms with van der Waals surface area (Å²) in [4.78, 5) is 0. The van der Waals surface area contributed by atoms with Crippen molar-refractivity contribution in [2.24, 2.45) is 0 Å². The summed E-state index contributed by atoms with van der Waals surface area (Å²) in [5.74, 6) is 0.837. The van der Waals surface area contributed by atoms with E-state index in [1.54, 1.807) is 0 Å². The summed E-state index contributed by atoms with van der Waals surface area (Å²) in [5, 5.41) is 1.06. The smallest absolute Gasteiger partial charge is 0.136 e. The molecular formula is C12H15NO2. The van der Waals surface area contributed by atoms with Crippen LogP contribution in [0.4, 0.5) is 5.69 Å². The number of hydrogen-bond donors (Lipinski definition) is 1. The molecule has 0 bridgehead atoms. The van der Waals surface area contributed by atoms with Crippen molar-refractivity contribution in [1.82, 2.24) is 0 Å².